The number of carbonyl (C=O) groups excluding carboxylic acids is 2. The Bertz CT molecular complexity index is 1290. The van der Waals surface area contributed by atoms with Gasteiger partial charge in [-0.3, -0.25) is 14.6 Å². The van der Waals surface area contributed by atoms with E-state index in [1.807, 2.05) is 42.5 Å². The molecule has 0 saturated heterocycles. The van der Waals surface area contributed by atoms with Gasteiger partial charge in [0, 0.05) is 16.1 Å². The average molecular weight is 520 g/mol. The summed E-state index contributed by atoms with van der Waals surface area (Å²) in [6, 6.07) is 21.2. The normalized spacial score (nSPS) is 17.1. The molecule has 7 heteroatoms. The van der Waals surface area contributed by atoms with Gasteiger partial charge in [-0.05, 0) is 54.3 Å². The van der Waals surface area contributed by atoms with E-state index in [0.717, 1.165) is 31.2 Å². The zero-order valence-electron chi connectivity index (χ0n) is 19.8. The molecule has 0 aromatic heterocycles. The molecule has 0 bridgehead atoms. The number of hydrogen-bond acceptors (Lipinski definition) is 3. The van der Waals surface area contributed by atoms with Gasteiger partial charge in [0.05, 0.1) is 23.5 Å². The minimum atomic E-state index is -0.851. The topological polar surface area (TPSA) is 61.8 Å². The Balaban J connectivity index is 1.60. The summed E-state index contributed by atoms with van der Waals surface area (Å²) >= 11 is 12.5. The van der Waals surface area contributed by atoms with Crippen LogP contribution in [0.4, 0.5) is 5.69 Å². The molecule has 1 aliphatic heterocycles. The number of halogens is 2. The lowest BCUT2D eigenvalue weighted by Crippen LogP contribution is -2.48. The van der Waals surface area contributed by atoms with Gasteiger partial charge in [-0.25, -0.2) is 0 Å². The van der Waals surface area contributed by atoms with E-state index in [0.29, 0.717) is 32.6 Å². The first-order valence-electron chi connectivity index (χ1n) is 12.3. The van der Waals surface area contributed by atoms with Gasteiger partial charge >= 0.3 is 0 Å². The van der Waals surface area contributed by atoms with Gasteiger partial charge in [0.25, 0.3) is 5.91 Å². The van der Waals surface area contributed by atoms with Crippen LogP contribution in [0.1, 0.15) is 59.6 Å². The lowest BCUT2D eigenvalue weighted by molar-refractivity contribution is -0.126. The van der Waals surface area contributed by atoms with Gasteiger partial charge in [0.2, 0.25) is 5.91 Å². The van der Waals surface area contributed by atoms with E-state index in [1.165, 1.54) is 6.42 Å². The van der Waals surface area contributed by atoms with Crippen molar-refractivity contribution in [3.8, 4) is 0 Å². The quantitative estimate of drug-likeness (QED) is 0.404. The number of amides is 2. The zero-order chi connectivity index (χ0) is 25.1. The summed E-state index contributed by atoms with van der Waals surface area (Å²) in [5.74, 6) is -0.489. The van der Waals surface area contributed by atoms with Gasteiger partial charge in [0.15, 0.2) is 0 Å². The molecule has 1 heterocycles. The summed E-state index contributed by atoms with van der Waals surface area (Å²) in [5.41, 5.74) is 3.19. The number of carbonyl (C=O) groups is 2. The smallest absolute Gasteiger partial charge is 0.257 e. The van der Waals surface area contributed by atoms with Gasteiger partial charge in [-0.1, -0.05) is 84.9 Å². The molecular weight excluding hydrogens is 493 g/mol. The van der Waals surface area contributed by atoms with Crippen molar-refractivity contribution in [1.82, 2.24) is 10.2 Å². The van der Waals surface area contributed by atoms with E-state index >= 15 is 0 Å². The van der Waals surface area contributed by atoms with Crippen LogP contribution in [0.3, 0.4) is 0 Å². The van der Waals surface area contributed by atoms with Crippen LogP contribution in [0.25, 0.3) is 0 Å². The minimum absolute atomic E-state index is 0.104. The predicted octanol–water partition coefficient (Wildman–Crippen LogP) is 6.76. The van der Waals surface area contributed by atoms with Crippen molar-refractivity contribution in [2.45, 2.75) is 44.2 Å². The van der Waals surface area contributed by atoms with Crippen molar-refractivity contribution < 1.29 is 9.59 Å². The van der Waals surface area contributed by atoms with E-state index < -0.39 is 6.04 Å². The summed E-state index contributed by atoms with van der Waals surface area (Å²) in [6.07, 6.45) is 5.27. The molecule has 1 saturated carbocycles. The predicted molar refractivity (Wildman–Crippen MR) is 144 cm³/mol. The molecular formula is C29H27Cl2N3O2. The van der Waals surface area contributed by atoms with Crippen molar-refractivity contribution >= 4 is 46.4 Å². The third-order valence-electron chi connectivity index (χ3n) is 6.83. The van der Waals surface area contributed by atoms with Crippen LogP contribution in [0.5, 0.6) is 0 Å². The fourth-order valence-corrected chi connectivity index (χ4v) is 5.28. The largest absolute Gasteiger partial charge is 0.351 e. The van der Waals surface area contributed by atoms with Crippen LogP contribution in [-0.2, 0) is 4.79 Å². The van der Waals surface area contributed by atoms with Crippen LogP contribution >= 0.6 is 23.2 Å². The Kier molecular flexibility index (Phi) is 7.40. The summed E-state index contributed by atoms with van der Waals surface area (Å²) in [4.78, 5) is 34.4. The van der Waals surface area contributed by atoms with Crippen LogP contribution in [0, 0.1) is 0 Å². The second kappa shape index (κ2) is 10.9. The second-order valence-corrected chi connectivity index (χ2v) is 10.2. The third-order valence-corrected chi connectivity index (χ3v) is 7.32. The van der Waals surface area contributed by atoms with E-state index in [-0.39, 0.29) is 24.4 Å². The van der Waals surface area contributed by atoms with E-state index in [1.54, 1.807) is 35.2 Å². The zero-order valence-corrected chi connectivity index (χ0v) is 21.3. The summed E-state index contributed by atoms with van der Waals surface area (Å²) < 4.78 is 0. The summed E-state index contributed by atoms with van der Waals surface area (Å²) in [6.45, 7) is 0.167. The van der Waals surface area contributed by atoms with Crippen LogP contribution in [0.2, 0.25) is 10.0 Å². The maximum Gasteiger partial charge on any atom is 0.257 e. The molecule has 1 N–H and O–H groups in total. The van der Waals surface area contributed by atoms with Crippen molar-refractivity contribution in [3.05, 3.63) is 99.5 Å². The molecule has 3 aromatic carbocycles. The molecule has 5 rings (SSSR count). The number of rotatable bonds is 5. The molecule has 1 unspecified atom stereocenters. The first kappa shape index (κ1) is 24.5. The Morgan fingerprint density at radius 2 is 1.61 bits per heavy atom. The first-order valence-corrected chi connectivity index (χ1v) is 13.0. The molecule has 0 radical (unpaired) electrons. The number of aliphatic imine (C=N–C) groups is 1. The van der Waals surface area contributed by atoms with Gasteiger partial charge in [-0.15, -0.1) is 0 Å². The summed E-state index contributed by atoms with van der Waals surface area (Å²) in [7, 11) is 0. The monoisotopic (exact) mass is 519 g/mol. The number of fused-ring (bicyclic) bond motifs is 1. The fourth-order valence-electron chi connectivity index (χ4n) is 4.99. The minimum Gasteiger partial charge on any atom is -0.351 e. The number of hydrogen-bond donors (Lipinski definition) is 1. The highest BCUT2D eigenvalue weighted by molar-refractivity contribution is 6.31. The molecule has 2 amide bonds. The van der Waals surface area contributed by atoms with E-state index in [9.17, 15) is 9.59 Å². The van der Waals surface area contributed by atoms with Crippen molar-refractivity contribution in [3.63, 3.8) is 0 Å². The number of benzene rings is 3. The number of nitrogens with zero attached hydrogens (tertiary/aromatic N) is 2. The fraction of sp³-hybridized carbons (Fsp3) is 0.276. The highest BCUT2D eigenvalue weighted by Crippen LogP contribution is 2.33. The highest BCUT2D eigenvalue weighted by atomic mass is 35.5. The van der Waals surface area contributed by atoms with Crippen molar-refractivity contribution in [2.75, 3.05) is 6.54 Å². The van der Waals surface area contributed by atoms with Gasteiger partial charge < -0.3 is 10.2 Å². The molecule has 184 valence electrons. The maximum absolute atomic E-state index is 14.0. The molecule has 0 spiro atoms. The third kappa shape index (κ3) is 5.32. The standard InChI is InChI=1S/C29H27Cl2N3O2/c30-21-13-11-20(12-14-21)27(28(35)32-23-9-5-2-6-10-23)34-18-26(19-7-3-1-4-8-19)33-25-16-15-22(31)17-24(25)29(34)36/h1,3-4,7-8,11-17,23,27H,2,5-6,9-10,18H2,(H,32,35). The Labute approximate surface area is 221 Å². The van der Waals surface area contributed by atoms with Crippen molar-refractivity contribution in [2.24, 2.45) is 4.99 Å². The molecule has 1 atom stereocenters. The number of nitrogens with one attached hydrogen (secondary N) is 1. The molecule has 1 aliphatic carbocycles. The molecule has 36 heavy (non-hydrogen) atoms. The Hall–Kier alpha value is -3.15. The average Bonchev–Trinajstić information content (AvgIpc) is 3.03. The van der Waals surface area contributed by atoms with Crippen LogP contribution in [0.15, 0.2) is 77.8 Å². The molecule has 2 aliphatic rings. The van der Waals surface area contributed by atoms with Crippen LogP contribution in [-0.4, -0.2) is 35.0 Å². The van der Waals surface area contributed by atoms with E-state index in [2.05, 4.69) is 5.32 Å². The molecule has 1 fully saturated rings. The highest BCUT2D eigenvalue weighted by Gasteiger charge is 2.36. The van der Waals surface area contributed by atoms with Crippen LogP contribution < -0.4 is 5.32 Å². The first-order chi connectivity index (χ1) is 17.5. The maximum atomic E-state index is 14.0. The Morgan fingerprint density at radius 3 is 2.33 bits per heavy atom. The Morgan fingerprint density at radius 1 is 0.917 bits per heavy atom. The molecule has 5 nitrogen and oxygen atoms in total. The van der Waals surface area contributed by atoms with Gasteiger partial charge in [-0.2, -0.15) is 0 Å². The van der Waals surface area contributed by atoms with Gasteiger partial charge in [0.1, 0.15) is 6.04 Å². The molecule has 3 aromatic rings. The summed E-state index contributed by atoms with van der Waals surface area (Å²) in [5, 5.41) is 4.23. The SMILES string of the molecule is O=C(NC1CCCCC1)C(c1ccc(Cl)cc1)N1CC(c2ccccc2)=Nc2ccc(Cl)cc2C1=O. The van der Waals surface area contributed by atoms with E-state index in [4.69, 9.17) is 28.2 Å². The lowest BCUT2D eigenvalue weighted by Gasteiger charge is -2.33. The lowest BCUT2D eigenvalue weighted by atomic mass is 9.94. The van der Waals surface area contributed by atoms with Crippen molar-refractivity contribution in [1.29, 1.82) is 0 Å². The second-order valence-electron chi connectivity index (χ2n) is 9.32.